The molecule has 2 aromatic rings. The molecule has 0 aliphatic heterocycles. The fourth-order valence-corrected chi connectivity index (χ4v) is 2.76. The number of aryl methyl sites for hydroxylation is 1. The van der Waals surface area contributed by atoms with Gasteiger partial charge < -0.3 is 4.42 Å². The van der Waals surface area contributed by atoms with Crippen molar-refractivity contribution in [2.45, 2.75) is 12.1 Å². The lowest BCUT2D eigenvalue weighted by Crippen LogP contribution is -1.98. The molecule has 0 aliphatic rings. The number of hydrogen-bond acceptors (Lipinski definition) is 6. The Balaban J connectivity index is 1.93. The number of halogens is 1. The van der Waals surface area contributed by atoms with Crippen molar-refractivity contribution < 1.29 is 9.21 Å². The fourth-order valence-electron chi connectivity index (χ4n) is 0.999. The molecule has 0 saturated heterocycles. The number of ketones is 1. The van der Waals surface area contributed by atoms with Gasteiger partial charge in [-0.1, -0.05) is 23.4 Å². The van der Waals surface area contributed by atoms with Crippen LogP contribution in [0.3, 0.4) is 0 Å². The highest BCUT2D eigenvalue weighted by Gasteiger charge is 2.11. The lowest BCUT2D eigenvalue weighted by Gasteiger charge is -1.93. The summed E-state index contributed by atoms with van der Waals surface area (Å²) in [6.07, 6.45) is 0. The Morgan fingerprint density at radius 2 is 2.38 bits per heavy atom. The van der Waals surface area contributed by atoms with Crippen LogP contribution in [0.4, 0.5) is 0 Å². The second-order valence-electron chi connectivity index (χ2n) is 2.90. The summed E-state index contributed by atoms with van der Waals surface area (Å²) in [5.41, 5.74) is 0. The number of aromatic nitrogens is 2. The zero-order valence-electron chi connectivity index (χ0n) is 8.27. The van der Waals surface area contributed by atoms with Gasteiger partial charge in [0.2, 0.25) is 5.89 Å². The Morgan fingerprint density at radius 1 is 1.56 bits per heavy atom. The lowest BCUT2D eigenvalue weighted by atomic mass is 10.4. The SMILES string of the molecule is Cc1nnc(SCC(=O)c2ccc(Cl)s2)o1. The zero-order chi connectivity index (χ0) is 11.5. The molecular weight excluding hydrogens is 268 g/mol. The molecule has 0 aliphatic carbocycles. The molecule has 16 heavy (non-hydrogen) atoms. The molecule has 7 heteroatoms. The van der Waals surface area contributed by atoms with Crippen molar-refractivity contribution in [3.05, 3.63) is 27.2 Å². The van der Waals surface area contributed by atoms with Crippen LogP contribution < -0.4 is 0 Å². The van der Waals surface area contributed by atoms with Crippen LogP contribution in [-0.4, -0.2) is 21.7 Å². The first-order valence-electron chi connectivity index (χ1n) is 4.36. The van der Waals surface area contributed by atoms with E-state index in [-0.39, 0.29) is 11.5 Å². The third-order valence-corrected chi connectivity index (χ3v) is 3.77. The van der Waals surface area contributed by atoms with Gasteiger partial charge in [-0.2, -0.15) is 0 Å². The maximum absolute atomic E-state index is 11.7. The fraction of sp³-hybridized carbons (Fsp3) is 0.222. The molecule has 0 saturated carbocycles. The van der Waals surface area contributed by atoms with Gasteiger partial charge in [0.15, 0.2) is 5.78 Å². The molecule has 0 spiro atoms. The molecular formula is C9H7ClN2O2S2. The first kappa shape index (κ1) is 11.6. The summed E-state index contributed by atoms with van der Waals surface area (Å²) in [6.45, 7) is 1.71. The van der Waals surface area contributed by atoms with E-state index in [0.29, 0.717) is 20.3 Å². The number of carbonyl (C=O) groups is 1. The standard InChI is InChI=1S/C9H7ClN2O2S2/c1-5-11-12-9(14-5)15-4-6(13)7-2-3-8(10)16-7/h2-3H,4H2,1H3. The Labute approximate surface area is 105 Å². The van der Waals surface area contributed by atoms with E-state index in [2.05, 4.69) is 10.2 Å². The summed E-state index contributed by atoms with van der Waals surface area (Å²) in [5.74, 6) is 0.783. The number of thiophene rings is 1. The quantitative estimate of drug-likeness (QED) is 0.633. The van der Waals surface area contributed by atoms with Gasteiger partial charge in [-0.15, -0.1) is 21.5 Å². The first-order valence-corrected chi connectivity index (χ1v) is 6.54. The predicted molar refractivity (Wildman–Crippen MR) is 63.4 cm³/mol. The zero-order valence-corrected chi connectivity index (χ0v) is 10.7. The summed E-state index contributed by atoms with van der Waals surface area (Å²) in [4.78, 5) is 12.3. The number of nitrogens with zero attached hydrogens (tertiary/aromatic N) is 2. The van der Waals surface area contributed by atoms with Crippen LogP contribution in [0.25, 0.3) is 0 Å². The Hall–Kier alpha value is -0.850. The first-order chi connectivity index (χ1) is 7.65. The third-order valence-electron chi connectivity index (χ3n) is 1.68. The largest absolute Gasteiger partial charge is 0.416 e. The highest BCUT2D eigenvalue weighted by molar-refractivity contribution is 7.99. The molecule has 2 aromatic heterocycles. The van der Waals surface area contributed by atoms with Crippen molar-refractivity contribution in [3.8, 4) is 0 Å². The molecule has 0 unspecified atom stereocenters. The second kappa shape index (κ2) is 4.99. The molecule has 0 amide bonds. The van der Waals surface area contributed by atoms with Crippen molar-refractivity contribution in [1.29, 1.82) is 0 Å². The van der Waals surface area contributed by atoms with Gasteiger partial charge in [0, 0.05) is 6.92 Å². The number of hydrogen-bond donors (Lipinski definition) is 0. The highest BCUT2D eigenvalue weighted by atomic mass is 35.5. The highest BCUT2D eigenvalue weighted by Crippen LogP contribution is 2.24. The van der Waals surface area contributed by atoms with Crippen LogP contribution in [0, 0.1) is 6.92 Å². The van der Waals surface area contributed by atoms with Crippen molar-refractivity contribution in [2.24, 2.45) is 0 Å². The van der Waals surface area contributed by atoms with E-state index in [4.69, 9.17) is 16.0 Å². The van der Waals surface area contributed by atoms with Gasteiger partial charge in [0.05, 0.1) is 15.0 Å². The van der Waals surface area contributed by atoms with E-state index >= 15 is 0 Å². The molecule has 0 aromatic carbocycles. The Bertz CT molecular complexity index is 509. The van der Waals surface area contributed by atoms with Crippen LogP contribution in [0.5, 0.6) is 0 Å². The van der Waals surface area contributed by atoms with Gasteiger partial charge in [-0.05, 0) is 12.1 Å². The van der Waals surface area contributed by atoms with E-state index in [9.17, 15) is 4.79 Å². The van der Waals surface area contributed by atoms with Crippen molar-refractivity contribution in [3.63, 3.8) is 0 Å². The molecule has 2 heterocycles. The number of carbonyl (C=O) groups excluding carboxylic acids is 1. The molecule has 0 atom stereocenters. The number of Topliss-reactive ketones (excluding diaryl/α,β-unsaturated/α-hetero) is 1. The van der Waals surface area contributed by atoms with Gasteiger partial charge in [-0.25, -0.2) is 0 Å². The van der Waals surface area contributed by atoms with Crippen LogP contribution in [0.15, 0.2) is 21.8 Å². The maximum Gasteiger partial charge on any atom is 0.277 e. The van der Waals surface area contributed by atoms with E-state index in [1.165, 1.54) is 23.1 Å². The van der Waals surface area contributed by atoms with E-state index in [0.717, 1.165) is 0 Å². The minimum atomic E-state index is 0.0118. The summed E-state index contributed by atoms with van der Waals surface area (Å²) in [6, 6.07) is 3.43. The van der Waals surface area contributed by atoms with Crippen LogP contribution in [0.1, 0.15) is 15.6 Å². The smallest absolute Gasteiger partial charge is 0.277 e. The van der Waals surface area contributed by atoms with E-state index in [1.54, 1.807) is 19.1 Å². The summed E-state index contributed by atoms with van der Waals surface area (Å²) >= 11 is 8.24. The lowest BCUT2D eigenvalue weighted by molar-refractivity contribution is 0.102. The third kappa shape index (κ3) is 2.84. The van der Waals surface area contributed by atoms with Crippen LogP contribution in [-0.2, 0) is 0 Å². The van der Waals surface area contributed by atoms with E-state index < -0.39 is 0 Å². The molecule has 2 rings (SSSR count). The Kier molecular flexibility index (Phi) is 3.63. The minimum Gasteiger partial charge on any atom is -0.416 e. The summed E-state index contributed by atoms with van der Waals surface area (Å²) in [7, 11) is 0. The van der Waals surface area contributed by atoms with Gasteiger partial charge in [0.1, 0.15) is 0 Å². The molecule has 0 N–H and O–H groups in total. The van der Waals surface area contributed by atoms with Gasteiger partial charge in [0.25, 0.3) is 5.22 Å². The van der Waals surface area contributed by atoms with Gasteiger partial charge in [-0.3, -0.25) is 4.79 Å². The Morgan fingerprint density at radius 3 is 2.94 bits per heavy atom. The van der Waals surface area contributed by atoms with Crippen molar-refractivity contribution >= 4 is 40.5 Å². The monoisotopic (exact) mass is 274 g/mol. The minimum absolute atomic E-state index is 0.0118. The summed E-state index contributed by atoms with van der Waals surface area (Å²) < 4.78 is 5.75. The molecule has 0 bridgehead atoms. The molecule has 0 fully saturated rings. The van der Waals surface area contributed by atoms with Gasteiger partial charge >= 0.3 is 0 Å². The van der Waals surface area contributed by atoms with Crippen LogP contribution in [0.2, 0.25) is 4.34 Å². The molecule has 84 valence electrons. The van der Waals surface area contributed by atoms with E-state index in [1.807, 2.05) is 0 Å². The predicted octanol–water partition coefficient (Wildman–Crippen LogP) is 3.07. The van der Waals surface area contributed by atoms with Crippen molar-refractivity contribution in [2.75, 3.05) is 5.75 Å². The number of thioether (sulfide) groups is 1. The molecule has 0 radical (unpaired) electrons. The average molecular weight is 275 g/mol. The normalized spacial score (nSPS) is 10.6. The molecule has 4 nitrogen and oxygen atoms in total. The number of rotatable bonds is 4. The maximum atomic E-state index is 11.7. The van der Waals surface area contributed by atoms with Crippen LogP contribution >= 0.6 is 34.7 Å². The second-order valence-corrected chi connectivity index (χ2v) is 5.54. The summed E-state index contributed by atoms with van der Waals surface area (Å²) in [5, 5.41) is 7.87. The average Bonchev–Trinajstić information content (AvgIpc) is 2.84. The van der Waals surface area contributed by atoms with Crippen molar-refractivity contribution in [1.82, 2.24) is 10.2 Å². The topological polar surface area (TPSA) is 56.0 Å².